The Labute approximate surface area is 106 Å². The molecule has 2 rings (SSSR count). The summed E-state index contributed by atoms with van der Waals surface area (Å²) in [6.45, 7) is 6.69. The van der Waals surface area contributed by atoms with Gasteiger partial charge >= 0.3 is 0 Å². The first-order valence-electron chi connectivity index (χ1n) is 5.82. The molecule has 0 aliphatic heterocycles. The predicted octanol–water partition coefficient (Wildman–Crippen LogP) is 2.03. The van der Waals surface area contributed by atoms with Crippen LogP contribution >= 0.6 is 0 Å². The van der Waals surface area contributed by atoms with Gasteiger partial charge in [-0.25, -0.2) is 0 Å². The Balaban J connectivity index is 2.08. The molecule has 0 fully saturated rings. The van der Waals surface area contributed by atoms with Crippen molar-refractivity contribution in [1.82, 2.24) is 10.1 Å². The van der Waals surface area contributed by atoms with Crippen LogP contribution in [-0.2, 0) is 13.2 Å². The fraction of sp³-hybridized carbons (Fsp3) is 0.385. The number of rotatable bonds is 4. The van der Waals surface area contributed by atoms with Crippen LogP contribution in [-0.4, -0.2) is 10.1 Å². The van der Waals surface area contributed by atoms with Crippen LogP contribution in [0.25, 0.3) is 0 Å². The van der Waals surface area contributed by atoms with Crippen molar-refractivity contribution in [2.45, 2.75) is 33.9 Å². The lowest BCUT2D eigenvalue weighted by atomic mass is 10.1. The maximum absolute atomic E-state index is 5.69. The van der Waals surface area contributed by atoms with Gasteiger partial charge in [-0.2, -0.15) is 4.98 Å². The fourth-order valence-corrected chi connectivity index (χ4v) is 1.66. The molecule has 5 nitrogen and oxygen atoms in total. The molecule has 96 valence electrons. The second-order valence-corrected chi connectivity index (χ2v) is 4.30. The molecule has 1 aromatic heterocycles. The molecule has 1 aromatic carbocycles. The van der Waals surface area contributed by atoms with E-state index in [1.54, 1.807) is 0 Å². The first kappa shape index (κ1) is 12.6. The van der Waals surface area contributed by atoms with Crippen molar-refractivity contribution < 1.29 is 9.26 Å². The van der Waals surface area contributed by atoms with Crippen LogP contribution in [0.4, 0.5) is 0 Å². The van der Waals surface area contributed by atoms with E-state index in [0.29, 0.717) is 11.7 Å². The van der Waals surface area contributed by atoms with E-state index >= 15 is 0 Å². The molecule has 1 heterocycles. The molecule has 0 radical (unpaired) electrons. The maximum Gasteiger partial charge on any atom is 0.240 e. The van der Waals surface area contributed by atoms with Gasteiger partial charge in [0.2, 0.25) is 11.7 Å². The Hall–Kier alpha value is -1.88. The van der Waals surface area contributed by atoms with E-state index in [0.717, 1.165) is 11.3 Å². The third-order valence-electron chi connectivity index (χ3n) is 2.83. The van der Waals surface area contributed by atoms with E-state index in [4.69, 9.17) is 15.0 Å². The molecule has 0 saturated heterocycles. The highest BCUT2D eigenvalue weighted by Gasteiger charge is 2.07. The summed E-state index contributed by atoms with van der Waals surface area (Å²) in [6, 6.07) is 4.13. The van der Waals surface area contributed by atoms with Crippen LogP contribution in [0, 0.1) is 20.8 Å². The number of hydrogen-bond donors (Lipinski definition) is 1. The Morgan fingerprint density at radius 3 is 2.56 bits per heavy atom. The van der Waals surface area contributed by atoms with Gasteiger partial charge in [-0.3, -0.25) is 0 Å². The Morgan fingerprint density at radius 1 is 1.17 bits per heavy atom. The third kappa shape index (κ3) is 2.68. The minimum absolute atomic E-state index is 0.246. The Morgan fingerprint density at radius 2 is 1.89 bits per heavy atom. The molecular weight excluding hydrogens is 230 g/mol. The smallest absolute Gasteiger partial charge is 0.240 e. The summed E-state index contributed by atoms with van der Waals surface area (Å²) in [6.07, 6.45) is 0. The molecule has 0 saturated carbocycles. The predicted molar refractivity (Wildman–Crippen MR) is 67.2 cm³/mol. The van der Waals surface area contributed by atoms with Crippen molar-refractivity contribution >= 4 is 0 Å². The molecule has 0 aliphatic carbocycles. The SMILES string of the molecule is Cc1cc(C)c(OCc2noc(CN)n2)cc1C. The van der Waals surface area contributed by atoms with Crippen LogP contribution in [0.3, 0.4) is 0 Å². The normalized spacial score (nSPS) is 10.7. The number of ether oxygens (including phenoxy) is 1. The largest absolute Gasteiger partial charge is 0.485 e. The van der Waals surface area contributed by atoms with Gasteiger partial charge in [0.1, 0.15) is 5.75 Å². The molecule has 18 heavy (non-hydrogen) atoms. The van der Waals surface area contributed by atoms with Crippen molar-refractivity contribution in [2.24, 2.45) is 5.73 Å². The lowest BCUT2D eigenvalue weighted by molar-refractivity contribution is 0.283. The van der Waals surface area contributed by atoms with Gasteiger partial charge < -0.3 is 15.0 Å². The van der Waals surface area contributed by atoms with Crippen LogP contribution in [0.2, 0.25) is 0 Å². The van der Waals surface area contributed by atoms with Crippen molar-refractivity contribution in [3.05, 3.63) is 40.5 Å². The Bertz CT molecular complexity index is 549. The fourth-order valence-electron chi connectivity index (χ4n) is 1.66. The molecule has 0 spiro atoms. The monoisotopic (exact) mass is 247 g/mol. The van der Waals surface area contributed by atoms with Crippen molar-refractivity contribution in [2.75, 3.05) is 0 Å². The molecule has 0 bridgehead atoms. The molecule has 0 amide bonds. The van der Waals surface area contributed by atoms with Crippen molar-refractivity contribution in [3.8, 4) is 5.75 Å². The highest BCUT2D eigenvalue weighted by atomic mass is 16.5. The molecule has 0 aliphatic rings. The maximum atomic E-state index is 5.69. The van der Waals surface area contributed by atoms with Gasteiger partial charge in [0.05, 0.1) is 6.54 Å². The third-order valence-corrected chi connectivity index (χ3v) is 2.83. The summed E-state index contributed by atoms with van der Waals surface area (Å²) < 4.78 is 10.6. The van der Waals surface area contributed by atoms with E-state index in [1.165, 1.54) is 11.1 Å². The number of aryl methyl sites for hydroxylation is 3. The first-order chi connectivity index (χ1) is 8.60. The number of benzene rings is 1. The lowest BCUT2D eigenvalue weighted by Gasteiger charge is -2.10. The number of aromatic nitrogens is 2. The molecule has 2 N–H and O–H groups in total. The minimum atomic E-state index is 0.246. The topological polar surface area (TPSA) is 74.2 Å². The zero-order valence-electron chi connectivity index (χ0n) is 10.9. The summed E-state index contributed by atoms with van der Waals surface area (Å²) >= 11 is 0. The van der Waals surface area contributed by atoms with E-state index < -0.39 is 0 Å². The van der Waals surface area contributed by atoms with Crippen LogP contribution in [0.1, 0.15) is 28.4 Å². The summed E-state index contributed by atoms with van der Waals surface area (Å²) in [4.78, 5) is 4.09. The highest BCUT2D eigenvalue weighted by molar-refractivity contribution is 5.40. The standard InChI is InChI=1S/C13H17N3O2/c1-8-4-10(3)11(5-9(8)2)17-7-12-15-13(6-14)18-16-12/h4-5H,6-7,14H2,1-3H3. The molecular formula is C13H17N3O2. The van der Waals surface area contributed by atoms with E-state index in [-0.39, 0.29) is 13.2 Å². The van der Waals surface area contributed by atoms with Gasteiger partial charge in [-0.1, -0.05) is 11.2 Å². The summed E-state index contributed by atoms with van der Waals surface area (Å²) in [5, 5.41) is 3.78. The van der Waals surface area contributed by atoms with Gasteiger partial charge in [0, 0.05) is 0 Å². The number of nitrogens with zero attached hydrogens (tertiary/aromatic N) is 2. The van der Waals surface area contributed by atoms with Crippen LogP contribution in [0.15, 0.2) is 16.7 Å². The number of nitrogens with two attached hydrogens (primary N) is 1. The molecule has 5 heteroatoms. The summed E-state index contributed by atoms with van der Waals surface area (Å²) in [5.41, 5.74) is 8.95. The van der Waals surface area contributed by atoms with E-state index in [9.17, 15) is 0 Å². The van der Waals surface area contributed by atoms with Crippen molar-refractivity contribution in [3.63, 3.8) is 0 Å². The van der Waals surface area contributed by atoms with Gasteiger partial charge in [-0.05, 0) is 43.5 Å². The van der Waals surface area contributed by atoms with E-state index in [1.807, 2.05) is 13.0 Å². The van der Waals surface area contributed by atoms with Crippen molar-refractivity contribution in [1.29, 1.82) is 0 Å². The minimum Gasteiger partial charge on any atom is -0.485 e. The summed E-state index contributed by atoms with van der Waals surface area (Å²) in [7, 11) is 0. The zero-order valence-corrected chi connectivity index (χ0v) is 10.9. The Kier molecular flexibility index (Phi) is 3.62. The van der Waals surface area contributed by atoms with Gasteiger partial charge in [0.15, 0.2) is 6.61 Å². The lowest BCUT2D eigenvalue weighted by Crippen LogP contribution is -2.01. The first-order valence-corrected chi connectivity index (χ1v) is 5.82. The summed E-state index contributed by atoms with van der Waals surface area (Å²) in [5.74, 6) is 1.77. The molecule has 0 unspecified atom stereocenters. The van der Waals surface area contributed by atoms with Gasteiger partial charge in [0.25, 0.3) is 0 Å². The van der Waals surface area contributed by atoms with Crippen LogP contribution in [0.5, 0.6) is 5.75 Å². The quantitative estimate of drug-likeness (QED) is 0.894. The second kappa shape index (κ2) is 5.18. The molecule has 0 atom stereocenters. The zero-order chi connectivity index (χ0) is 13.1. The van der Waals surface area contributed by atoms with Crippen LogP contribution < -0.4 is 10.5 Å². The average molecular weight is 247 g/mol. The average Bonchev–Trinajstić information content (AvgIpc) is 2.80. The molecule has 2 aromatic rings. The highest BCUT2D eigenvalue weighted by Crippen LogP contribution is 2.22. The second-order valence-electron chi connectivity index (χ2n) is 4.30. The number of hydrogen-bond acceptors (Lipinski definition) is 5. The van der Waals surface area contributed by atoms with Gasteiger partial charge in [-0.15, -0.1) is 0 Å². The van der Waals surface area contributed by atoms with E-state index in [2.05, 4.69) is 30.1 Å².